The lowest BCUT2D eigenvalue weighted by Crippen LogP contribution is -2.50. The van der Waals surface area contributed by atoms with E-state index < -0.39 is 6.85 Å². The predicted molar refractivity (Wildman–Crippen MR) is 128 cm³/mol. The van der Waals surface area contributed by atoms with Gasteiger partial charge in [0.25, 0.3) is 0 Å². The van der Waals surface area contributed by atoms with E-state index in [1.54, 1.807) is 5.57 Å². The molecular weight excluding hydrogens is 364 g/mol. The smallest absolute Gasteiger partial charge is 0.0577 e. The molecule has 0 aromatic rings. The van der Waals surface area contributed by atoms with Gasteiger partial charge in [0.15, 0.2) is 0 Å². The minimum absolute atomic E-state index is 0.112. The molecule has 30 heavy (non-hydrogen) atoms. The molecule has 8 atom stereocenters. The molecule has 0 unspecified atom stereocenters. The molecule has 4 aliphatic carbocycles. The Kier molecular flexibility index (Phi) is 5.03. The molecule has 4 rings (SSSR count). The maximum atomic E-state index is 10.3. The molecule has 1 N–H and O–H groups in total. The fraction of sp³-hybridized carbons (Fsp3) is 0.862. The van der Waals surface area contributed by atoms with Gasteiger partial charge in [-0.1, -0.05) is 57.9 Å². The lowest BCUT2D eigenvalue weighted by Gasteiger charge is -2.58. The Balaban J connectivity index is 1.49. The zero-order valence-electron chi connectivity index (χ0n) is 24.1. The second kappa shape index (κ2) is 8.42. The summed E-state index contributed by atoms with van der Waals surface area (Å²) in [6.07, 6.45) is 13.6. The Morgan fingerprint density at radius 3 is 2.73 bits per heavy atom. The summed E-state index contributed by atoms with van der Waals surface area (Å²) < 4.78 is 31.4. The Morgan fingerprint density at radius 2 is 2.00 bits per heavy atom. The van der Waals surface area contributed by atoms with Gasteiger partial charge in [0.2, 0.25) is 0 Å². The Hall–Kier alpha value is -0.560. The summed E-state index contributed by atoms with van der Waals surface area (Å²) in [5.74, 6) is 3.70. The minimum Gasteiger partial charge on any atom is -0.393 e. The second-order valence-electron chi connectivity index (χ2n) is 12.2. The van der Waals surface area contributed by atoms with E-state index in [0.29, 0.717) is 22.7 Å². The topological polar surface area (TPSA) is 20.2 Å². The fourth-order valence-electron chi connectivity index (χ4n) is 8.70. The van der Waals surface area contributed by atoms with Gasteiger partial charge in [0.1, 0.15) is 0 Å². The van der Waals surface area contributed by atoms with Crippen LogP contribution in [-0.4, -0.2) is 11.2 Å². The van der Waals surface area contributed by atoms with Crippen LogP contribution in [0.5, 0.6) is 0 Å². The zero-order valence-corrected chi connectivity index (χ0v) is 20.1. The number of hydrogen-bond acceptors (Lipinski definition) is 1. The number of aliphatic hydroxyl groups excluding tert-OH is 1. The van der Waals surface area contributed by atoms with Crippen molar-refractivity contribution in [2.45, 2.75) is 112 Å². The van der Waals surface area contributed by atoms with Crippen LogP contribution in [0.1, 0.15) is 111 Å². The number of aliphatic hydroxyl groups is 1. The van der Waals surface area contributed by atoms with Gasteiger partial charge < -0.3 is 5.11 Å². The molecule has 0 amide bonds. The minimum atomic E-state index is -2.30. The molecule has 4 aliphatic rings. The van der Waals surface area contributed by atoms with Crippen LogP contribution in [0.2, 0.25) is 0 Å². The van der Waals surface area contributed by atoms with E-state index in [1.807, 2.05) is 13.8 Å². The van der Waals surface area contributed by atoms with Crippen molar-refractivity contribution in [3.63, 3.8) is 0 Å². The summed E-state index contributed by atoms with van der Waals surface area (Å²) in [5.41, 5.74) is 3.05. The summed E-state index contributed by atoms with van der Waals surface area (Å²) in [7, 11) is 0. The quantitative estimate of drug-likeness (QED) is 0.451. The van der Waals surface area contributed by atoms with E-state index in [2.05, 4.69) is 26.8 Å². The van der Waals surface area contributed by atoms with Crippen LogP contribution < -0.4 is 0 Å². The van der Waals surface area contributed by atoms with E-state index >= 15 is 0 Å². The van der Waals surface area contributed by atoms with Gasteiger partial charge in [-0.15, -0.1) is 0 Å². The van der Waals surface area contributed by atoms with Gasteiger partial charge in [-0.25, -0.2) is 0 Å². The summed E-state index contributed by atoms with van der Waals surface area (Å²) in [6.45, 7) is 9.23. The molecule has 3 saturated carbocycles. The highest BCUT2D eigenvalue weighted by molar-refractivity contribution is 5.25. The summed E-state index contributed by atoms with van der Waals surface area (Å²) in [4.78, 5) is 0. The first-order valence-electron chi connectivity index (χ1n) is 14.9. The van der Waals surface area contributed by atoms with Crippen molar-refractivity contribution in [1.29, 1.82) is 0 Å². The highest BCUT2D eigenvalue weighted by Gasteiger charge is 2.59. The van der Waals surface area contributed by atoms with Crippen LogP contribution in [0, 0.1) is 46.3 Å². The normalized spacial score (nSPS) is 47.6. The first-order chi connectivity index (χ1) is 15.8. The molecule has 1 nitrogen and oxygen atoms in total. The van der Waals surface area contributed by atoms with Gasteiger partial charge in [0.05, 0.1) is 7.47 Å². The first-order valence-corrected chi connectivity index (χ1v) is 12.9. The van der Waals surface area contributed by atoms with E-state index in [-0.39, 0.29) is 18.1 Å². The molecule has 0 aliphatic heterocycles. The zero-order chi connectivity index (χ0) is 25.1. The molecule has 0 aromatic carbocycles. The summed E-state index contributed by atoms with van der Waals surface area (Å²) >= 11 is 0. The van der Waals surface area contributed by atoms with E-state index in [0.717, 1.165) is 55.4 Å². The van der Waals surface area contributed by atoms with Crippen LogP contribution in [-0.2, 0) is 0 Å². The number of allylic oxidation sites excluding steroid dienone is 3. The third-order valence-electron chi connectivity index (χ3n) is 10.6. The lowest BCUT2D eigenvalue weighted by atomic mass is 9.47. The Morgan fingerprint density at radius 1 is 1.20 bits per heavy atom. The van der Waals surface area contributed by atoms with Crippen LogP contribution in [0.15, 0.2) is 23.3 Å². The van der Waals surface area contributed by atoms with Crippen molar-refractivity contribution in [3.8, 4) is 0 Å². The molecule has 170 valence electrons. The SMILES string of the molecule is [2H]/C(=C(\CC[C@@H](C)[C@H]1CC[C@H]2[C@@H]3CC=C4C[C@@H](O)CC[C@]4(C)[C@H]3CC[C@]12C)C(C)C)C([2H])([2H])[2H]. The molecule has 0 radical (unpaired) electrons. The van der Waals surface area contributed by atoms with Crippen LogP contribution in [0.25, 0.3) is 0 Å². The predicted octanol–water partition coefficient (Wildman–Crippen LogP) is 7.94. The number of rotatable bonds is 5. The van der Waals surface area contributed by atoms with E-state index in [1.165, 1.54) is 32.1 Å². The van der Waals surface area contributed by atoms with Crippen LogP contribution in [0.3, 0.4) is 0 Å². The maximum absolute atomic E-state index is 10.3. The van der Waals surface area contributed by atoms with Crippen molar-refractivity contribution < 1.29 is 10.6 Å². The molecule has 1 heteroatoms. The highest BCUT2D eigenvalue weighted by Crippen LogP contribution is 2.67. The molecular formula is C29H48O. The van der Waals surface area contributed by atoms with Gasteiger partial charge in [0, 0.05) is 4.11 Å². The van der Waals surface area contributed by atoms with Crippen molar-refractivity contribution in [2.75, 3.05) is 0 Å². The van der Waals surface area contributed by atoms with Gasteiger partial charge >= 0.3 is 0 Å². The molecule has 0 aromatic heterocycles. The maximum Gasteiger partial charge on any atom is 0.0577 e. The molecule has 0 bridgehead atoms. The molecule has 0 spiro atoms. The Bertz CT molecular complexity index is 826. The molecule has 0 heterocycles. The average Bonchev–Trinajstić information content (AvgIpc) is 3.10. The van der Waals surface area contributed by atoms with Gasteiger partial charge in [-0.2, -0.15) is 0 Å². The monoisotopic (exact) mass is 416 g/mol. The summed E-state index contributed by atoms with van der Waals surface area (Å²) in [6, 6.07) is -0.124. The Labute approximate surface area is 192 Å². The van der Waals surface area contributed by atoms with Crippen LogP contribution in [0.4, 0.5) is 0 Å². The first kappa shape index (κ1) is 17.9. The summed E-state index contributed by atoms with van der Waals surface area (Å²) in [5, 5.41) is 10.3. The van der Waals surface area contributed by atoms with Crippen molar-refractivity contribution in [3.05, 3.63) is 23.3 Å². The fourth-order valence-corrected chi connectivity index (χ4v) is 8.70. The number of hydrogen-bond donors (Lipinski definition) is 1. The van der Waals surface area contributed by atoms with E-state index in [4.69, 9.17) is 5.48 Å². The highest BCUT2D eigenvalue weighted by atomic mass is 16.3. The van der Waals surface area contributed by atoms with Gasteiger partial charge in [-0.3, -0.25) is 0 Å². The molecule has 3 fully saturated rings. The lowest BCUT2D eigenvalue weighted by molar-refractivity contribution is -0.0571. The van der Waals surface area contributed by atoms with Crippen LogP contribution >= 0.6 is 0 Å². The third kappa shape index (κ3) is 3.66. The average molecular weight is 417 g/mol. The van der Waals surface area contributed by atoms with Gasteiger partial charge in [-0.05, 0) is 117 Å². The van der Waals surface area contributed by atoms with Crippen molar-refractivity contribution in [2.24, 2.45) is 46.3 Å². The second-order valence-corrected chi connectivity index (χ2v) is 12.2. The van der Waals surface area contributed by atoms with Crippen molar-refractivity contribution in [1.82, 2.24) is 0 Å². The largest absolute Gasteiger partial charge is 0.393 e. The standard InChI is InChI=1S/C29H48O/c1-7-21(19(2)3)9-8-20(4)25-12-13-26-24-11-10-22-18-23(30)14-16-28(22,5)27(24)15-17-29(25,26)6/h7,10,19-20,23-27,30H,8-9,11-18H2,1-6H3/b21-7-/t20-,23+,24+,25-,26+,27+,28+,29-/m1/s1/i1D3,7D. The van der Waals surface area contributed by atoms with Crippen molar-refractivity contribution >= 4 is 0 Å². The molecule has 0 saturated heterocycles. The third-order valence-corrected chi connectivity index (χ3v) is 10.6. The van der Waals surface area contributed by atoms with E-state index in [9.17, 15) is 5.11 Å². The number of fused-ring (bicyclic) bond motifs is 5.